The fourth-order valence-corrected chi connectivity index (χ4v) is 2.84. The summed E-state index contributed by atoms with van der Waals surface area (Å²) in [5.74, 6) is -0.0921. The molecular formula is C13H12ClNOS. The zero-order valence-corrected chi connectivity index (χ0v) is 11.0. The minimum absolute atomic E-state index is 0.0921. The Bertz CT molecular complexity index is 588. The zero-order valence-electron chi connectivity index (χ0n) is 9.42. The predicted octanol–water partition coefficient (Wildman–Crippen LogP) is 3.69. The Hall–Kier alpha value is -1.32. The van der Waals surface area contributed by atoms with E-state index in [1.165, 1.54) is 11.3 Å². The standard InChI is InChI=1S/C13H12ClNOS/c1-8(14)7-15-13(16)12-9(2)10-5-3-4-6-11(10)17-12/h3-6H,1,7H2,2H3,(H,15,16). The van der Waals surface area contributed by atoms with Crippen molar-refractivity contribution in [1.82, 2.24) is 5.32 Å². The lowest BCUT2D eigenvalue weighted by Gasteiger charge is -2.02. The van der Waals surface area contributed by atoms with E-state index in [9.17, 15) is 4.79 Å². The number of amides is 1. The summed E-state index contributed by atoms with van der Waals surface area (Å²) < 4.78 is 1.12. The minimum Gasteiger partial charge on any atom is -0.346 e. The summed E-state index contributed by atoms with van der Waals surface area (Å²) in [5, 5.41) is 4.30. The lowest BCUT2D eigenvalue weighted by molar-refractivity contribution is 0.0961. The van der Waals surface area contributed by atoms with Crippen LogP contribution in [0.15, 0.2) is 35.9 Å². The Labute approximate surface area is 109 Å². The number of rotatable bonds is 3. The highest BCUT2D eigenvalue weighted by atomic mass is 35.5. The van der Waals surface area contributed by atoms with Crippen molar-refractivity contribution < 1.29 is 4.79 Å². The van der Waals surface area contributed by atoms with Crippen LogP contribution in [0.25, 0.3) is 10.1 Å². The molecule has 17 heavy (non-hydrogen) atoms. The SMILES string of the molecule is C=C(Cl)CNC(=O)c1sc2ccccc2c1C. The van der Waals surface area contributed by atoms with E-state index < -0.39 is 0 Å². The third kappa shape index (κ3) is 2.51. The molecule has 1 aromatic heterocycles. The number of hydrogen-bond donors (Lipinski definition) is 1. The number of hydrogen-bond acceptors (Lipinski definition) is 2. The van der Waals surface area contributed by atoms with Gasteiger partial charge in [-0.15, -0.1) is 11.3 Å². The van der Waals surface area contributed by atoms with Gasteiger partial charge in [-0.05, 0) is 23.9 Å². The molecule has 0 aliphatic carbocycles. The molecule has 2 aromatic rings. The van der Waals surface area contributed by atoms with Gasteiger partial charge in [-0.3, -0.25) is 4.79 Å². The van der Waals surface area contributed by atoms with Crippen molar-refractivity contribution in [2.45, 2.75) is 6.92 Å². The van der Waals surface area contributed by atoms with Crippen LogP contribution in [-0.2, 0) is 0 Å². The molecule has 1 N–H and O–H groups in total. The van der Waals surface area contributed by atoms with Gasteiger partial charge >= 0.3 is 0 Å². The molecule has 0 radical (unpaired) electrons. The molecular weight excluding hydrogens is 254 g/mol. The Morgan fingerprint density at radius 3 is 2.82 bits per heavy atom. The van der Waals surface area contributed by atoms with Gasteiger partial charge in [0.2, 0.25) is 0 Å². The van der Waals surface area contributed by atoms with Gasteiger partial charge in [0.1, 0.15) is 0 Å². The Morgan fingerprint density at radius 2 is 2.18 bits per heavy atom. The van der Waals surface area contributed by atoms with E-state index in [-0.39, 0.29) is 5.91 Å². The topological polar surface area (TPSA) is 29.1 Å². The van der Waals surface area contributed by atoms with E-state index in [4.69, 9.17) is 11.6 Å². The molecule has 0 bridgehead atoms. The Balaban J connectivity index is 2.32. The fourth-order valence-electron chi connectivity index (χ4n) is 1.65. The first kappa shape index (κ1) is 12.1. The summed E-state index contributed by atoms with van der Waals surface area (Å²) in [4.78, 5) is 12.7. The molecule has 1 amide bonds. The highest BCUT2D eigenvalue weighted by Crippen LogP contribution is 2.30. The highest BCUT2D eigenvalue weighted by Gasteiger charge is 2.14. The molecule has 0 fully saturated rings. The third-order valence-electron chi connectivity index (χ3n) is 2.49. The number of fused-ring (bicyclic) bond motifs is 1. The van der Waals surface area contributed by atoms with E-state index in [0.29, 0.717) is 11.6 Å². The molecule has 4 heteroatoms. The van der Waals surface area contributed by atoms with Crippen molar-refractivity contribution in [2.24, 2.45) is 0 Å². The van der Waals surface area contributed by atoms with E-state index >= 15 is 0 Å². The molecule has 0 unspecified atom stereocenters. The van der Waals surface area contributed by atoms with Crippen LogP contribution in [0.1, 0.15) is 15.2 Å². The van der Waals surface area contributed by atoms with Gasteiger partial charge in [0.15, 0.2) is 0 Å². The first-order chi connectivity index (χ1) is 8.09. The molecule has 1 aromatic carbocycles. The lowest BCUT2D eigenvalue weighted by atomic mass is 10.1. The van der Waals surface area contributed by atoms with Gasteiger partial charge in [-0.25, -0.2) is 0 Å². The first-order valence-corrected chi connectivity index (χ1v) is 6.38. The summed E-state index contributed by atoms with van der Waals surface area (Å²) in [6.07, 6.45) is 0. The number of benzene rings is 1. The molecule has 1 heterocycles. The summed E-state index contributed by atoms with van der Waals surface area (Å²) >= 11 is 7.12. The Kier molecular flexibility index (Phi) is 3.50. The molecule has 0 saturated carbocycles. The predicted molar refractivity (Wildman–Crippen MR) is 73.9 cm³/mol. The average Bonchev–Trinajstić information content (AvgIpc) is 2.64. The summed E-state index contributed by atoms with van der Waals surface area (Å²) in [6, 6.07) is 7.99. The van der Waals surface area contributed by atoms with Gasteiger partial charge in [0, 0.05) is 9.73 Å². The summed E-state index contributed by atoms with van der Waals surface area (Å²) in [7, 11) is 0. The maximum absolute atomic E-state index is 11.9. The van der Waals surface area contributed by atoms with Gasteiger partial charge in [-0.2, -0.15) is 0 Å². The van der Waals surface area contributed by atoms with Crippen molar-refractivity contribution in [3.8, 4) is 0 Å². The molecule has 0 saturated heterocycles. The van der Waals surface area contributed by atoms with Gasteiger partial charge in [0.25, 0.3) is 5.91 Å². The fraction of sp³-hybridized carbons (Fsp3) is 0.154. The smallest absolute Gasteiger partial charge is 0.261 e. The van der Waals surface area contributed by atoms with Crippen LogP contribution in [0.5, 0.6) is 0 Å². The van der Waals surface area contributed by atoms with Gasteiger partial charge < -0.3 is 5.32 Å². The lowest BCUT2D eigenvalue weighted by Crippen LogP contribution is -2.24. The van der Waals surface area contributed by atoms with Crippen LogP contribution < -0.4 is 5.32 Å². The van der Waals surface area contributed by atoms with Crippen LogP contribution in [0, 0.1) is 6.92 Å². The largest absolute Gasteiger partial charge is 0.346 e. The first-order valence-electron chi connectivity index (χ1n) is 5.19. The van der Waals surface area contributed by atoms with Crippen molar-refractivity contribution in [1.29, 1.82) is 0 Å². The van der Waals surface area contributed by atoms with E-state index in [1.807, 2.05) is 31.2 Å². The van der Waals surface area contributed by atoms with Crippen LogP contribution in [0.4, 0.5) is 0 Å². The number of carbonyl (C=O) groups excluding carboxylic acids is 1. The van der Waals surface area contributed by atoms with Crippen molar-refractivity contribution in [3.05, 3.63) is 46.3 Å². The van der Waals surface area contributed by atoms with E-state index in [0.717, 1.165) is 20.5 Å². The van der Waals surface area contributed by atoms with Crippen LogP contribution in [0.2, 0.25) is 0 Å². The van der Waals surface area contributed by atoms with Crippen molar-refractivity contribution >= 4 is 38.9 Å². The number of thiophene rings is 1. The second-order valence-electron chi connectivity index (χ2n) is 3.75. The zero-order chi connectivity index (χ0) is 12.4. The van der Waals surface area contributed by atoms with Crippen LogP contribution >= 0.6 is 22.9 Å². The summed E-state index contributed by atoms with van der Waals surface area (Å²) in [5.41, 5.74) is 1.02. The van der Waals surface area contributed by atoms with Gasteiger partial charge in [-0.1, -0.05) is 36.4 Å². The Morgan fingerprint density at radius 1 is 1.47 bits per heavy atom. The molecule has 2 nitrogen and oxygen atoms in total. The number of nitrogens with one attached hydrogen (secondary N) is 1. The second kappa shape index (κ2) is 4.90. The van der Waals surface area contributed by atoms with Crippen LogP contribution in [-0.4, -0.2) is 12.5 Å². The average molecular weight is 266 g/mol. The highest BCUT2D eigenvalue weighted by molar-refractivity contribution is 7.21. The molecule has 0 atom stereocenters. The molecule has 0 spiro atoms. The van der Waals surface area contributed by atoms with Crippen molar-refractivity contribution in [2.75, 3.05) is 6.54 Å². The van der Waals surface area contributed by atoms with Gasteiger partial charge in [0.05, 0.1) is 11.4 Å². The molecule has 2 rings (SSSR count). The molecule has 0 aliphatic heterocycles. The minimum atomic E-state index is -0.0921. The summed E-state index contributed by atoms with van der Waals surface area (Å²) in [6.45, 7) is 5.80. The maximum atomic E-state index is 11.9. The maximum Gasteiger partial charge on any atom is 0.261 e. The molecule has 88 valence electrons. The number of carbonyl (C=O) groups is 1. The normalized spacial score (nSPS) is 10.5. The quantitative estimate of drug-likeness (QED) is 0.901. The van der Waals surface area contributed by atoms with Crippen LogP contribution in [0.3, 0.4) is 0 Å². The van der Waals surface area contributed by atoms with Crippen molar-refractivity contribution in [3.63, 3.8) is 0 Å². The van der Waals surface area contributed by atoms with E-state index in [2.05, 4.69) is 11.9 Å². The third-order valence-corrected chi connectivity index (χ3v) is 3.90. The monoisotopic (exact) mass is 265 g/mol. The number of halogens is 1. The van der Waals surface area contributed by atoms with E-state index in [1.54, 1.807) is 0 Å². The number of aryl methyl sites for hydroxylation is 1. The second-order valence-corrected chi connectivity index (χ2v) is 5.34. The molecule has 0 aliphatic rings.